The van der Waals surface area contributed by atoms with E-state index < -0.39 is 0 Å². The maximum atomic E-state index is 12.8. The number of nitrogens with one attached hydrogen (secondary N) is 1. The van der Waals surface area contributed by atoms with Gasteiger partial charge in [-0.1, -0.05) is 31.2 Å². The van der Waals surface area contributed by atoms with E-state index in [1.165, 1.54) is 5.56 Å². The molecule has 5 nitrogen and oxygen atoms in total. The Balaban J connectivity index is 1.55. The fourth-order valence-electron chi connectivity index (χ4n) is 3.57. The van der Waals surface area contributed by atoms with Crippen molar-refractivity contribution in [3.63, 3.8) is 0 Å². The van der Waals surface area contributed by atoms with Crippen molar-refractivity contribution in [1.29, 1.82) is 0 Å². The average molecular weight is 400 g/mol. The average Bonchev–Trinajstić information content (AvgIpc) is 3.18. The Kier molecular flexibility index (Phi) is 7.20. The molecule has 150 valence electrons. The smallest absolute Gasteiger partial charge is 0.227 e. The lowest BCUT2D eigenvalue weighted by molar-refractivity contribution is -0.131. The molecule has 1 N–H and O–H groups in total. The van der Waals surface area contributed by atoms with Crippen LogP contribution in [0.15, 0.2) is 29.6 Å². The van der Waals surface area contributed by atoms with E-state index in [9.17, 15) is 9.59 Å². The molecule has 1 aromatic carbocycles. The molecule has 1 aromatic heterocycles. The standard InChI is InChI=1S/C22H29N3O2S/c1-3-20(26)23-11-10-19-15-28-22(24-19)18-9-6-12-25(14-18)21(27)13-17-8-5-4-7-16(17)2/h4-5,7-8,15,18H,3,6,9-14H2,1-2H3,(H,23,26)/t18-/m0/s1. The highest BCUT2D eigenvalue weighted by molar-refractivity contribution is 7.09. The van der Waals surface area contributed by atoms with Crippen molar-refractivity contribution >= 4 is 23.2 Å². The lowest BCUT2D eigenvalue weighted by Crippen LogP contribution is -2.40. The van der Waals surface area contributed by atoms with Gasteiger partial charge in [-0.25, -0.2) is 4.98 Å². The van der Waals surface area contributed by atoms with Crippen LogP contribution >= 0.6 is 11.3 Å². The Morgan fingerprint density at radius 1 is 1.32 bits per heavy atom. The van der Waals surface area contributed by atoms with E-state index in [0.29, 0.717) is 25.3 Å². The molecule has 1 saturated heterocycles. The van der Waals surface area contributed by atoms with Crippen LogP contribution in [-0.4, -0.2) is 41.3 Å². The summed E-state index contributed by atoms with van der Waals surface area (Å²) in [6, 6.07) is 8.10. The van der Waals surface area contributed by atoms with Crippen LogP contribution in [0.1, 0.15) is 53.9 Å². The summed E-state index contributed by atoms with van der Waals surface area (Å²) >= 11 is 1.68. The van der Waals surface area contributed by atoms with E-state index in [4.69, 9.17) is 4.98 Å². The summed E-state index contributed by atoms with van der Waals surface area (Å²) in [7, 11) is 0. The number of benzene rings is 1. The first-order valence-electron chi connectivity index (χ1n) is 10.1. The summed E-state index contributed by atoms with van der Waals surface area (Å²) in [5.74, 6) is 0.599. The van der Waals surface area contributed by atoms with Crippen LogP contribution in [0.2, 0.25) is 0 Å². The van der Waals surface area contributed by atoms with Gasteiger partial charge in [-0.05, 0) is 30.9 Å². The molecule has 6 heteroatoms. The molecule has 0 radical (unpaired) electrons. The minimum absolute atomic E-state index is 0.0746. The summed E-state index contributed by atoms with van der Waals surface area (Å²) in [5, 5.41) is 6.09. The minimum Gasteiger partial charge on any atom is -0.356 e. The number of hydrogen-bond donors (Lipinski definition) is 1. The minimum atomic E-state index is 0.0746. The topological polar surface area (TPSA) is 62.3 Å². The lowest BCUT2D eigenvalue weighted by Gasteiger charge is -2.32. The SMILES string of the molecule is CCC(=O)NCCc1csc([C@H]2CCCN(C(=O)Cc3ccccc3C)C2)n1. The number of rotatable bonds is 7. The van der Waals surface area contributed by atoms with E-state index in [1.54, 1.807) is 11.3 Å². The maximum absolute atomic E-state index is 12.8. The monoisotopic (exact) mass is 399 g/mol. The summed E-state index contributed by atoms with van der Waals surface area (Å²) < 4.78 is 0. The number of hydrogen-bond acceptors (Lipinski definition) is 4. The highest BCUT2D eigenvalue weighted by Gasteiger charge is 2.26. The van der Waals surface area contributed by atoms with E-state index in [1.807, 2.05) is 30.0 Å². The second-order valence-corrected chi connectivity index (χ2v) is 8.30. The fraction of sp³-hybridized carbons (Fsp3) is 0.500. The summed E-state index contributed by atoms with van der Waals surface area (Å²) in [4.78, 5) is 30.9. The van der Waals surface area contributed by atoms with Crippen LogP contribution in [0, 0.1) is 6.92 Å². The number of carbonyl (C=O) groups excluding carboxylic acids is 2. The molecule has 1 aliphatic rings. The molecule has 0 saturated carbocycles. The van der Waals surface area contributed by atoms with Gasteiger partial charge in [-0.3, -0.25) is 9.59 Å². The molecule has 0 aliphatic carbocycles. The van der Waals surface area contributed by atoms with E-state index >= 15 is 0 Å². The molecule has 28 heavy (non-hydrogen) atoms. The van der Waals surface area contributed by atoms with Crippen molar-refractivity contribution in [3.05, 3.63) is 51.5 Å². The van der Waals surface area contributed by atoms with Gasteiger partial charge in [-0.2, -0.15) is 0 Å². The number of likely N-dealkylation sites (tertiary alicyclic amines) is 1. The molecule has 2 heterocycles. The Morgan fingerprint density at radius 3 is 2.93 bits per heavy atom. The zero-order valence-corrected chi connectivity index (χ0v) is 17.6. The van der Waals surface area contributed by atoms with Gasteiger partial charge in [0, 0.05) is 43.8 Å². The number of carbonyl (C=O) groups is 2. The van der Waals surface area contributed by atoms with Gasteiger partial charge in [0.05, 0.1) is 17.1 Å². The van der Waals surface area contributed by atoms with Gasteiger partial charge >= 0.3 is 0 Å². The van der Waals surface area contributed by atoms with Crippen LogP contribution in [0.3, 0.4) is 0 Å². The van der Waals surface area contributed by atoms with E-state index in [0.717, 1.165) is 48.6 Å². The first-order chi connectivity index (χ1) is 13.6. The Hall–Kier alpha value is -2.21. The van der Waals surface area contributed by atoms with Crippen LogP contribution in [0.4, 0.5) is 0 Å². The number of thiazole rings is 1. The Morgan fingerprint density at radius 2 is 2.14 bits per heavy atom. The van der Waals surface area contributed by atoms with Crippen LogP contribution in [0.25, 0.3) is 0 Å². The van der Waals surface area contributed by atoms with Crippen molar-refractivity contribution in [3.8, 4) is 0 Å². The van der Waals surface area contributed by atoms with Gasteiger partial charge in [0.25, 0.3) is 0 Å². The van der Waals surface area contributed by atoms with Crippen LogP contribution < -0.4 is 5.32 Å². The number of amides is 2. The van der Waals surface area contributed by atoms with Crippen molar-refractivity contribution in [2.75, 3.05) is 19.6 Å². The first-order valence-corrected chi connectivity index (χ1v) is 11.0. The van der Waals surface area contributed by atoms with Crippen LogP contribution in [0.5, 0.6) is 0 Å². The number of aryl methyl sites for hydroxylation is 1. The van der Waals surface area contributed by atoms with Gasteiger partial charge in [0.1, 0.15) is 0 Å². The molecule has 0 spiro atoms. The van der Waals surface area contributed by atoms with Gasteiger partial charge < -0.3 is 10.2 Å². The lowest BCUT2D eigenvalue weighted by atomic mass is 9.97. The molecular weight excluding hydrogens is 370 g/mol. The van der Waals surface area contributed by atoms with Crippen molar-refractivity contribution < 1.29 is 9.59 Å². The third kappa shape index (κ3) is 5.41. The van der Waals surface area contributed by atoms with Crippen LogP contribution in [-0.2, 0) is 22.4 Å². The Bertz CT molecular complexity index is 818. The molecule has 2 aromatic rings. The number of aromatic nitrogens is 1. The largest absolute Gasteiger partial charge is 0.356 e. The van der Waals surface area contributed by atoms with Crippen molar-refractivity contribution in [2.45, 2.75) is 51.9 Å². The molecule has 2 amide bonds. The molecule has 0 unspecified atom stereocenters. The first kappa shape index (κ1) is 20.5. The quantitative estimate of drug-likeness (QED) is 0.775. The second kappa shape index (κ2) is 9.82. The molecule has 0 bridgehead atoms. The van der Waals surface area contributed by atoms with E-state index in [-0.39, 0.29) is 11.8 Å². The van der Waals surface area contributed by atoms with E-state index in [2.05, 4.69) is 23.7 Å². The van der Waals surface area contributed by atoms with Crippen molar-refractivity contribution in [2.24, 2.45) is 0 Å². The highest BCUT2D eigenvalue weighted by atomic mass is 32.1. The number of nitrogens with zero attached hydrogens (tertiary/aromatic N) is 2. The maximum Gasteiger partial charge on any atom is 0.227 e. The van der Waals surface area contributed by atoms with Crippen molar-refractivity contribution in [1.82, 2.24) is 15.2 Å². The third-order valence-corrected chi connectivity index (χ3v) is 6.38. The predicted octanol–water partition coefficient (Wildman–Crippen LogP) is 3.47. The predicted molar refractivity (Wildman–Crippen MR) is 113 cm³/mol. The second-order valence-electron chi connectivity index (χ2n) is 7.41. The van der Waals surface area contributed by atoms with Gasteiger partial charge in [0.15, 0.2) is 0 Å². The summed E-state index contributed by atoms with van der Waals surface area (Å²) in [6.07, 6.45) is 3.83. The Labute approximate surface area is 171 Å². The molecule has 1 atom stereocenters. The normalized spacial score (nSPS) is 16.8. The molecule has 1 fully saturated rings. The molecule has 1 aliphatic heterocycles. The zero-order valence-electron chi connectivity index (χ0n) is 16.7. The summed E-state index contributed by atoms with van der Waals surface area (Å²) in [5.41, 5.74) is 3.31. The summed E-state index contributed by atoms with van der Waals surface area (Å²) in [6.45, 7) is 6.13. The molecule has 3 rings (SSSR count). The van der Waals surface area contributed by atoms with Gasteiger partial charge in [-0.15, -0.1) is 11.3 Å². The molecular formula is C22H29N3O2S. The zero-order chi connectivity index (χ0) is 19.9. The number of piperidine rings is 1. The fourth-order valence-corrected chi connectivity index (χ4v) is 4.55. The van der Waals surface area contributed by atoms with Gasteiger partial charge in [0.2, 0.25) is 11.8 Å². The highest BCUT2D eigenvalue weighted by Crippen LogP contribution is 2.29. The third-order valence-electron chi connectivity index (χ3n) is 5.32.